The fraction of sp³-hybridized carbons (Fsp3) is 0.232. The third-order valence-electron chi connectivity index (χ3n) is 18.8. The highest BCUT2D eigenvalue weighted by Crippen LogP contribution is 2.39. The Morgan fingerprint density at radius 3 is 1.25 bits per heavy atom. The number of aromatic nitrogens is 12. The second kappa shape index (κ2) is 34.7. The molecule has 0 unspecified atom stereocenters. The number of Topliss-reactive ketones (excluding diaryl/α,β-unsaturated/α-hetero) is 1. The number of ether oxygens (including phenoxy) is 3. The van der Waals surface area contributed by atoms with Gasteiger partial charge < -0.3 is 49.6 Å². The van der Waals surface area contributed by atoms with Gasteiger partial charge in [-0.25, -0.2) is 39.0 Å². The van der Waals surface area contributed by atoms with E-state index < -0.39 is 0 Å². The number of aliphatic hydroxyl groups excluding tert-OH is 1. The maximum absolute atomic E-state index is 12.8. The normalized spacial score (nSPS) is 15.4. The molecule has 28 nitrogen and oxygen atoms in total. The second-order valence-electron chi connectivity index (χ2n) is 26.3. The van der Waals surface area contributed by atoms with Crippen molar-refractivity contribution in [3.05, 3.63) is 231 Å². The van der Waals surface area contributed by atoms with Crippen LogP contribution in [0.25, 0.3) is 66.9 Å². The minimum atomic E-state index is -0.384. The number of hydrogen-bond acceptors (Lipinski definition) is 19. The number of hydrogen-bond donors (Lipinski definition) is 4. The number of likely N-dealkylation sites (tertiary alicyclic amines) is 3. The molecule has 5 amide bonds. The van der Waals surface area contributed by atoms with Crippen LogP contribution in [0.4, 0.5) is 11.6 Å². The van der Waals surface area contributed by atoms with E-state index in [1.807, 2.05) is 173 Å². The largest absolute Gasteiger partial charge is 0.457 e. The van der Waals surface area contributed by atoms with Gasteiger partial charge >= 0.3 is 0 Å². The fourth-order valence-electron chi connectivity index (χ4n) is 13.5. The molecule has 0 spiro atoms. The molecule has 3 saturated heterocycles. The molecular weight excluding hydrogens is 1400 g/mol. The number of carbonyl (C=O) groups excluding carboxylic acids is 6. The maximum Gasteiger partial charge on any atom is 0.262 e. The van der Waals surface area contributed by atoms with Crippen LogP contribution in [0.15, 0.2) is 226 Å². The topological polar surface area (TPSA) is 335 Å². The summed E-state index contributed by atoms with van der Waals surface area (Å²) in [5.41, 5.74) is 5.41. The quantitative estimate of drug-likeness (QED) is 0.0383. The molecule has 3 aliphatic heterocycles. The SMILES string of the molecule is C=CC(=O)N1CCC[C@@H](n2nc(-c3ccc(Oc4ccccc4)cc3)c3c(NC(=O)CCO)ncnc32)C1.C=CC(=O)Nc1ncnc2c1c(-c1ccc(Oc3ccccc3)cc1)nn2[C@@H]1CCCN(C(=O)C=C)C1.CC(=O)CC(=O)N1CCC[C@@H](n2nc(-c3ccc(Oc4ccccc4)cc3)c3c(=O)[nH]cnc32)C1. The summed E-state index contributed by atoms with van der Waals surface area (Å²) in [5.74, 6) is 3.57. The summed E-state index contributed by atoms with van der Waals surface area (Å²) in [6, 6.07) is 50.6. The third kappa shape index (κ3) is 17.4. The minimum absolute atomic E-state index is 0.0538. The molecule has 9 heterocycles. The van der Waals surface area contributed by atoms with Crippen LogP contribution < -0.4 is 30.4 Å². The van der Waals surface area contributed by atoms with Crippen molar-refractivity contribution < 1.29 is 48.1 Å². The van der Waals surface area contributed by atoms with Gasteiger partial charge in [-0.2, -0.15) is 15.3 Å². The van der Waals surface area contributed by atoms with Gasteiger partial charge in [-0.3, -0.25) is 33.6 Å². The van der Waals surface area contributed by atoms with Crippen molar-refractivity contribution in [1.82, 2.24) is 73.9 Å². The summed E-state index contributed by atoms with van der Waals surface area (Å²) in [7, 11) is 0. The van der Waals surface area contributed by atoms with Crippen LogP contribution in [0.5, 0.6) is 34.5 Å². The van der Waals surface area contributed by atoms with Gasteiger partial charge in [-0.15, -0.1) is 0 Å². The number of rotatable bonds is 21. The van der Waals surface area contributed by atoms with Crippen LogP contribution in [-0.2, 0) is 28.8 Å². The van der Waals surface area contributed by atoms with E-state index in [-0.39, 0.29) is 78.5 Å². The number of H-pyrrole nitrogens is 1. The highest BCUT2D eigenvalue weighted by Gasteiger charge is 2.33. The first-order valence-corrected chi connectivity index (χ1v) is 36.0. The average Bonchev–Trinajstić information content (AvgIpc) is 1.61. The molecule has 3 fully saturated rings. The van der Waals surface area contributed by atoms with Gasteiger partial charge in [0.15, 0.2) is 16.9 Å². The summed E-state index contributed by atoms with van der Waals surface area (Å²) in [5, 5.41) is 31.0. The molecule has 558 valence electrons. The minimum Gasteiger partial charge on any atom is -0.457 e. The van der Waals surface area contributed by atoms with Crippen LogP contribution in [0.3, 0.4) is 0 Å². The second-order valence-corrected chi connectivity index (χ2v) is 26.3. The predicted octanol–water partition coefficient (Wildman–Crippen LogP) is 12.4. The number of carbonyl (C=O) groups is 6. The molecule has 6 aromatic heterocycles. The first-order chi connectivity index (χ1) is 53.6. The Labute approximate surface area is 631 Å². The number of para-hydroxylation sites is 3. The molecule has 0 saturated carbocycles. The van der Waals surface area contributed by atoms with Crippen LogP contribution in [0.1, 0.15) is 76.4 Å². The summed E-state index contributed by atoms with van der Waals surface area (Å²) >= 11 is 0. The number of benzene rings is 6. The molecule has 0 bridgehead atoms. The van der Waals surface area contributed by atoms with E-state index in [0.29, 0.717) is 118 Å². The lowest BCUT2D eigenvalue weighted by Gasteiger charge is -2.32. The fourth-order valence-corrected chi connectivity index (χ4v) is 13.5. The summed E-state index contributed by atoms with van der Waals surface area (Å²) in [4.78, 5) is 116. The zero-order valence-corrected chi connectivity index (χ0v) is 60.3. The molecule has 3 atom stereocenters. The van der Waals surface area contributed by atoms with Gasteiger partial charge in [0, 0.05) is 56.0 Å². The highest BCUT2D eigenvalue weighted by atomic mass is 16.5. The van der Waals surface area contributed by atoms with Gasteiger partial charge in [-0.05, 0) is 173 Å². The Bertz CT molecular complexity index is 5400. The van der Waals surface area contributed by atoms with Crippen molar-refractivity contribution in [3.63, 3.8) is 0 Å². The Morgan fingerprint density at radius 2 is 0.855 bits per heavy atom. The molecule has 15 rings (SSSR count). The summed E-state index contributed by atoms with van der Waals surface area (Å²) < 4.78 is 23.1. The molecular formula is C82H79N17O11. The van der Waals surface area contributed by atoms with Crippen molar-refractivity contribution in [3.8, 4) is 68.3 Å². The van der Waals surface area contributed by atoms with Crippen molar-refractivity contribution in [2.75, 3.05) is 56.5 Å². The van der Waals surface area contributed by atoms with Crippen molar-refractivity contribution >= 4 is 80.1 Å². The van der Waals surface area contributed by atoms with Gasteiger partial charge in [0.2, 0.25) is 29.5 Å². The molecule has 0 aliphatic carbocycles. The van der Waals surface area contributed by atoms with Crippen LogP contribution in [0, 0.1) is 0 Å². The first-order valence-electron chi connectivity index (χ1n) is 36.0. The van der Waals surface area contributed by atoms with E-state index in [9.17, 15) is 38.7 Å². The highest BCUT2D eigenvalue weighted by molar-refractivity contribution is 6.08. The molecule has 110 heavy (non-hydrogen) atoms. The smallest absolute Gasteiger partial charge is 0.262 e. The van der Waals surface area contributed by atoms with Gasteiger partial charge in [-0.1, -0.05) is 74.3 Å². The molecule has 12 aromatic rings. The zero-order chi connectivity index (χ0) is 76.6. The number of piperidine rings is 3. The van der Waals surface area contributed by atoms with E-state index >= 15 is 0 Å². The van der Waals surface area contributed by atoms with E-state index in [0.717, 1.165) is 72.5 Å². The average molecular weight is 1480 g/mol. The van der Waals surface area contributed by atoms with Gasteiger partial charge in [0.1, 0.15) is 87.0 Å². The van der Waals surface area contributed by atoms with Crippen molar-refractivity contribution in [2.45, 2.75) is 76.4 Å². The number of nitrogens with one attached hydrogen (secondary N) is 3. The number of aliphatic hydroxyl groups is 1. The number of amides is 5. The van der Waals surface area contributed by atoms with Crippen LogP contribution in [0.2, 0.25) is 0 Å². The van der Waals surface area contributed by atoms with Crippen molar-refractivity contribution in [1.29, 1.82) is 0 Å². The molecule has 4 N–H and O–H groups in total. The lowest BCUT2D eigenvalue weighted by molar-refractivity contribution is -0.136. The Balaban J connectivity index is 0.000000145. The number of fused-ring (bicyclic) bond motifs is 3. The molecule has 3 aliphatic rings. The van der Waals surface area contributed by atoms with Crippen molar-refractivity contribution in [2.24, 2.45) is 0 Å². The molecule has 0 radical (unpaired) electrons. The Morgan fingerprint density at radius 1 is 0.482 bits per heavy atom. The monoisotopic (exact) mass is 1480 g/mol. The first kappa shape index (κ1) is 74.6. The number of anilines is 2. The van der Waals surface area contributed by atoms with E-state index in [2.05, 4.69) is 60.3 Å². The Hall–Kier alpha value is -13.6. The van der Waals surface area contributed by atoms with Gasteiger partial charge in [0.05, 0.1) is 54.7 Å². The van der Waals surface area contributed by atoms with E-state index in [1.54, 1.807) is 19.4 Å². The maximum atomic E-state index is 12.8. The zero-order valence-electron chi connectivity index (χ0n) is 60.3. The van der Waals surface area contributed by atoms with Crippen LogP contribution >= 0.6 is 0 Å². The standard InChI is InChI=1S/C28H28N6O4.C28H26N6O3.C26H25N5O4/c1-2-24(37)33-15-6-7-20(17-33)34-28-25(27(29-18-30-28)31-23(36)14-16-35)26(32-34)19-10-12-22(13-11-19)38-21-8-4-3-5-9-21;1-3-23(35)31-27-25-26(19-12-14-22(15-13-19)37-21-10-6-5-7-11-21)32-34(28(25)30-18-29-27)20-9-8-16-33(17-20)24(36)4-2;1-17(32)14-22(33)30-13-5-6-19(15-30)31-25-23(26(34)28-16-27-25)24(29-31)18-9-11-21(12-10-18)35-20-7-3-2-4-8-20/h2-5,8-13,18,20,35H,1,6-7,14-17H2,(H,29,30,31,36);3-7,10-15,18,20H,1-2,8-9,16-17H2,(H,29,30,31,35);2-4,7-12,16,19H,5-6,13-15H2,1H3,(H,27,28,34)/t2*20-;19-/m111/s1. The number of nitrogens with zero attached hydrogens (tertiary/aromatic N) is 14. The lowest BCUT2D eigenvalue weighted by Crippen LogP contribution is -2.41. The Kier molecular flexibility index (Phi) is 23.6. The predicted molar refractivity (Wildman–Crippen MR) is 414 cm³/mol. The van der Waals surface area contributed by atoms with E-state index in [1.165, 1.54) is 44.1 Å². The molecule has 28 heteroatoms. The number of ketones is 1. The lowest BCUT2D eigenvalue weighted by atomic mass is 10.1. The number of aromatic amines is 1. The molecule has 6 aromatic carbocycles. The van der Waals surface area contributed by atoms with Gasteiger partial charge in [0.25, 0.3) is 5.56 Å². The summed E-state index contributed by atoms with van der Waals surface area (Å²) in [6.45, 7) is 15.2. The third-order valence-corrected chi connectivity index (χ3v) is 18.8. The van der Waals surface area contributed by atoms with Crippen LogP contribution in [-0.4, -0.2) is 160 Å². The summed E-state index contributed by atoms with van der Waals surface area (Å²) in [6.07, 6.45) is 12.7. The van der Waals surface area contributed by atoms with E-state index in [4.69, 9.17) is 29.5 Å².